The summed E-state index contributed by atoms with van der Waals surface area (Å²) in [5.41, 5.74) is 16.7. The van der Waals surface area contributed by atoms with Crippen LogP contribution in [0.3, 0.4) is 0 Å². The maximum Gasteiger partial charge on any atom is 0.239 e. The van der Waals surface area contributed by atoms with Crippen LogP contribution in [-0.4, -0.2) is 69.2 Å². The van der Waals surface area contributed by atoms with Gasteiger partial charge in [-0.15, -0.1) is 0 Å². The van der Waals surface area contributed by atoms with Crippen LogP contribution in [0.4, 0.5) is 0 Å². The Morgan fingerprint density at radius 3 is 2.39 bits per heavy atom. The number of hydrogen-bond acceptors (Lipinski definition) is 7. The normalized spacial score (nSPS) is 12.7. The highest BCUT2D eigenvalue weighted by atomic mass is 32.2. The summed E-state index contributed by atoms with van der Waals surface area (Å²) in [5.74, 6) is -1.68. The van der Waals surface area contributed by atoms with E-state index in [1.807, 2.05) is 6.07 Å². The van der Waals surface area contributed by atoms with Crippen molar-refractivity contribution in [2.75, 3.05) is 18.8 Å². The molecule has 0 bridgehead atoms. The summed E-state index contributed by atoms with van der Waals surface area (Å²) >= 11 is 0. The van der Waals surface area contributed by atoms with Gasteiger partial charge in [-0.1, -0.05) is 30.3 Å². The average Bonchev–Trinajstić information content (AvgIpc) is 2.82. The van der Waals surface area contributed by atoms with Gasteiger partial charge in [-0.2, -0.15) is 0 Å². The molecule has 36 heavy (non-hydrogen) atoms. The molecule has 1 rings (SSSR count). The molecule has 1 aromatic rings. The molecule has 0 fully saturated rings. The number of guanidine groups is 1. The molecule has 13 nitrogen and oxygen atoms in total. The third-order valence-corrected chi connectivity index (χ3v) is 6.37. The number of carbonyl (C=O) groups is 3. The second-order valence-corrected chi connectivity index (χ2v) is 9.99. The molecule has 0 aliphatic heterocycles. The van der Waals surface area contributed by atoms with Crippen molar-refractivity contribution in [3.05, 3.63) is 35.9 Å². The second kappa shape index (κ2) is 16.2. The molecule has 200 valence electrons. The summed E-state index contributed by atoms with van der Waals surface area (Å²) < 4.78 is 27.7. The van der Waals surface area contributed by atoms with Crippen LogP contribution in [0.2, 0.25) is 0 Å². The quantitative estimate of drug-likeness (QED) is 0.0514. The van der Waals surface area contributed by atoms with Crippen LogP contribution in [0, 0.1) is 5.41 Å². The lowest BCUT2D eigenvalue weighted by molar-refractivity contribution is -0.128. The fourth-order valence-corrected chi connectivity index (χ4v) is 4.44. The number of carbonyl (C=O) groups excluding carboxylic acids is 3. The summed E-state index contributed by atoms with van der Waals surface area (Å²) in [4.78, 5) is 39.9. The Morgan fingerprint density at radius 1 is 1.08 bits per heavy atom. The zero-order valence-electron chi connectivity index (χ0n) is 20.1. The molecule has 2 atom stereocenters. The van der Waals surface area contributed by atoms with Crippen LogP contribution in [0.15, 0.2) is 35.3 Å². The summed E-state index contributed by atoms with van der Waals surface area (Å²) in [7, 11) is -3.83. The van der Waals surface area contributed by atoms with E-state index in [9.17, 15) is 22.8 Å². The van der Waals surface area contributed by atoms with Crippen molar-refractivity contribution in [3.63, 3.8) is 0 Å². The number of nitrogens with two attached hydrogens (primary N) is 3. The first-order chi connectivity index (χ1) is 17.0. The van der Waals surface area contributed by atoms with E-state index < -0.39 is 40.5 Å². The maximum atomic E-state index is 12.7. The van der Waals surface area contributed by atoms with Gasteiger partial charge in [-0.3, -0.25) is 20.0 Å². The van der Waals surface area contributed by atoms with Crippen LogP contribution in [0.1, 0.15) is 37.7 Å². The smallest absolute Gasteiger partial charge is 0.239 e. The summed E-state index contributed by atoms with van der Waals surface area (Å²) in [6.07, 6.45) is 2.25. The van der Waals surface area contributed by atoms with Gasteiger partial charge >= 0.3 is 0 Å². The van der Waals surface area contributed by atoms with Gasteiger partial charge in [0.2, 0.25) is 21.8 Å². The zero-order chi connectivity index (χ0) is 27.0. The predicted molar refractivity (Wildman–Crippen MR) is 138 cm³/mol. The minimum absolute atomic E-state index is 0.0182. The van der Waals surface area contributed by atoms with Gasteiger partial charge in [0.1, 0.15) is 12.3 Å². The third-order valence-electron chi connectivity index (χ3n) is 4.98. The average molecular weight is 525 g/mol. The third kappa shape index (κ3) is 14.0. The van der Waals surface area contributed by atoms with E-state index in [-0.39, 0.29) is 43.4 Å². The summed E-state index contributed by atoms with van der Waals surface area (Å²) in [6.45, 7) is -0.258. The number of aldehydes is 1. The van der Waals surface area contributed by atoms with E-state index in [1.54, 1.807) is 24.3 Å². The monoisotopic (exact) mass is 524 g/mol. The minimum Gasteiger partial charge on any atom is -0.388 e. The fourth-order valence-electron chi connectivity index (χ4n) is 3.15. The van der Waals surface area contributed by atoms with E-state index in [1.165, 1.54) is 0 Å². The number of nitrogens with zero attached hydrogens (tertiary/aromatic N) is 1. The Labute approximate surface area is 211 Å². The van der Waals surface area contributed by atoms with Crippen LogP contribution in [0.25, 0.3) is 0 Å². The zero-order valence-corrected chi connectivity index (χ0v) is 20.9. The van der Waals surface area contributed by atoms with Crippen molar-refractivity contribution in [1.29, 1.82) is 5.41 Å². The number of aryl methyl sites for hydroxylation is 1. The first-order valence-corrected chi connectivity index (χ1v) is 13.1. The van der Waals surface area contributed by atoms with Crippen LogP contribution in [-0.2, 0) is 30.8 Å². The highest BCUT2D eigenvalue weighted by Crippen LogP contribution is 2.05. The Balaban J connectivity index is 2.69. The molecule has 0 aliphatic carbocycles. The molecule has 0 unspecified atom stereocenters. The molecule has 0 spiro atoms. The molecule has 0 radical (unpaired) electrons. The molecular formula is C22H36N8O5S. The van der Waals surface area contributed by atoms with Crippen molar-refractivity contribution in [1.82, 2.24) is 15.4 Å². The predicted octanol–water partition coefficient (Wildman–Crippen LogP) is -1.52. The molecule has 0 aromatic heterocycles. The van der Waals surface area contributed by atoms with Gasteiger partial charge in [-0.25, -0.2) is 13.1 Å². The first kappa shape index (κ1) is 30.5. The SMILES string of the molecule is N=C(N)CCC[C@@H](C=O)NC(=O)CNC(=O)[C@@H](CCCN=C(N)N)NS(=O)(=O)CCc1ccccc1. The molecule has 10 N–H and O–H groups in total. The lowest BCUT2D eigenvalue weighted by atomic mass is 10.1. The number of nitrogens with one attached hydrogen (secondary N) is 4. The molecule has 14 heteroatoms. The molecular weight excluding hydrogens is 488 g/mol. The molecule has 0 saturated heterocycles. The van der Waals surface area contributed by atoms with E-state index in [2.05, 4.69) is 20.3 Å². The Kier molecular flexibility index (Phi) is 13.7. The van der Waals surface area contributed by atoms with E-state index in [0.29, 0.717) is 25.5 Å². The van der Waals surface area contributed by atoms with Crippen molar-refractivity contribution in [2.45, 2.75) is 50.6 Å². The van der Waals surface area contributed by atoms with Crippen LogP contribution >= 0.6 is 0 Å². The molecule has 2 amide bonds. The Bertz CT molecular complexity index is 997. The van der Waals surface area contributed by atoms with Gasteiger partial charge in [-0.05, 0) is 37.7 Å². The topological polar surface area (TPSA) is 236 Å². The largest absolute Gasteiger partial charge is 0.388 e. The lowest BCUT2D eigenvalue weighted by Crippen LogP contribution is -2.50. The summed E-state index contributed by atoms with van der Waals surface area (Å²) in [5, 5.41) is 12.1. The Morgan fingerprint density at radius 2 is 1.78 bits per heavy atom. The number of amidine groups is 1. The number of rotatable bonds is 18. The highest BCUT2D eigenvalue weighted by molar-refractivity contribution is 7.89. The molecule has 0 saturated carbocycles. The van der Waals surface area contributed by atoms with E-state index in [4.69, 9.17) is 22.6 Å². The van der Waals surface area contributed by atoms with Gasteiger partial charge in [0.15, 0.2) is 5.96 Å². The minimum atomic E-state index is -3.83. The second-order valence-electron chi connectivity index (χ2n) is 8.12. The fraction of sp³-hybridized carbons (Fsp3) is 0.500. The van der Waals surface area contributed by atoms with Gasteiger partial charge in [0, 0.05) is 13.0 Å². The van der Waals surface area contributed by atoms with Crippen molar-refractivity contribution in [3.8, 4) is 0 Å². The van der Waals surface area contributed by atoms with Gasteiger partial charge < -0.3 is 32.6 Å². The number of aliphatic imine (C=N–C) groups is 1. The first-order valence-electron chi connectivity index (χ1n) is 11.5. The molecule has 0 heterocycles. The van der Waals surface area contributed by atoms with Crippen LogP contribution in [0.5, 0.6) is 0 Å². The van der Waals surface area contributed by atoms with E-state index >= 15 is 0 Å². The number of benzene rings is 1. The van der Waals surface area contributed by atoms with Gasteiger partial charge in [0.05, 0.1) is 24.2 Å². The summed E-state index contributed by atoms with van der Waals surface area (Å²) in [6, 6.07) is 7.11. The van der Waals surface area contributed by atoms with E-state index in [0.717, 1.165) is 5.56 Å². The highest BCUT2D eigenvalue weighted by Gasteiger charge is 2.25. The number of amides is 2. The van der Waals surface area contributed by atoms with Crippen molar-refractivity contribution >= 4 is 39.9 Å². The molecule has 0 aliphatic rings. The Hall–Kier alpha value is -3.52. The van der Waals surface area contributed by atoms with Crippen molar-refractivity contribution < 1.29 is 22.8 Å². The number of sulfonamides is 1. The standard InChI is InChI=1S/C22H36N8O5S/c23-19(24)10-4-8-17(15-31)29-20(32)14-28-21(33)18(9-5-12-27-22(25)26)30-36(34,35)13-11-16-6-2-1-3-7-16/h1-3,6-7,15,17-18,30H,4-5,8-14H2,(H3,23,24)(H,28,33)(H,29,32)(H4,25,26,27)/t17-,18+/m0/s1. The van der Waals surface area contributed by atoms with Crippen LogP contribution < -0.4 is 32.6 Å². The maximum absolute atomic E-state index is 12.7. The molecule has 1 aromatic carbocycles. The van der Waals surface area contributed by atoms with Crippen molar-refractivity contribution in [2.24, 2.45) is 22.2 Å². The number of hydrogen-bond donors (Lipinski definition) is 7. The van der Waals surface area contributed by atoms with Gasteiger partial charge in [0.25, 0.3) is 0 Å². The lowest BCUT2D eigenvalue weighted by Gasteiger charge is -2.19.